The second-order valence-electron chi connectivity index (χ2n) is 3.09. The molecule has 92 valence electrons. The van der Waals surface area contributed by atoms with Crippen molar-refractivity contribution in [3.8, 4) is 0 Å². The minimum atomic E-state index is -5.39. The maximum absolute atomic E-state index is 12.9. The van der Waals surface area contributed by atoms with Crippen LogP contribution in [0.3, 0.4) is 0 Å². The zero-order valence-electron chi connectivity index (χ0n) is 8.33. The summed E-state index contributed by atoms with van der Waals surface area (Å²) < 4.78 is 50.1. The monoisotopic (exact) mass is 264 g/mol. The molecule has 0 aliphatic carbocycles. The molecule has 0 aliphatic rings. The molecule has 0 aliphatic heterocycles. The largest absolute Gasteiger partial charge is 0.512 e. The molecule has 3 N–H and O–H groups in total. The number of thiocarbonyl (C=S) groups is 1. The van der Waals surface area contributed by atoms with Crippen molar-refractivity contribution in [2.45, 2.75) is 0 Å². The summed E-state index contributed by atoms with van der Waals surface area (Å²) in [5, 5.41) is 3.35. The number of halogens is 4. The first-order chi connectivity index (χ1) is 7.80. The van der Waals surface area contributed by atoms with Crippen molar-refractivity contribution in [3.63, 3.8) is 0 Å². The average molecular weight is 264 g/mol. The lowest BCUT2D eigenvalue weighted by Gasteiger charge is -2.16. The van der Waals surface area contributed by atoms with E-state index in [2.05, 4.69) is 22.7 Å². The summed E-state index contributed by atoms with van der Waals surface area (Å²) in [6.07, 6.45) is 1.06. The van der Waals surface area contributed by atoms with E-state index in [0.717, 1.165) is 18.3 Å². The van der Waals surface area contributed by atoms with Gasteiger partial charge in [-0.05, 0) is 23.8 Å². The van der Waals surface area contributed by atoms with Gasteiger partial charge in [0.1, 0.15) is 0 Å². The van der Waals surface area contributed by atoms with Crippen LogP contribution in [0, 0.1) is 5.82 Å². The molecular formula is C8H7BF4N3S-. The first-order valence-electron chi connectivity index (χ1n) is 4.38. The van der Waals surface area contributed by atoms with E-state index in [1.54, 1.807) is 0 Å². The quantitative estimate of drug-likeness (QED) is 0.282. The lowest BCUT2D eigenvalue weighted by molar-refractivity contribution is 0.494. The highest BCUT2D eigenvalue weighted by Gasteiger charge is 2.28. The van der Waals surface area contributed by atoms with Crippen LogP contribution in [0.4, 0.5) is 17.3 Å². The Morgan fingerprint density at radius 3 is 2.59 bits per heavy atom. The summed E-state index contributed by atoms with van der Waals surface area (Å²) in [5.74, 6) is -1.31. The molecule has 0 bridgehead atoms. The highest BCUT2D eigenvalue weighted by Crippen LogP contribution is 2.12. The number of rotatable bonds is 3. The normalized spacial score (nSPS) is 11.8. The first kappa shape index (κ1) is 13.4. The van der Waals surface area contributed by atoms with Gasteiger partial charge in [-0.2, -0.15) is 5.10 Å². The Bertz CT molecular complexity index is 461. The Balaban J connectivity index is 2.97. The predicted octanol–water partition coefficient (Wildman–Crippen LogP) is 1.05. The topological polar surface area (TPSA) is 50.4 Å². The molecule has 0 heterocycles. The van der Waals surface area contributed by atoms with Gasteiger partial charge in [0, 0.05) is 0 Å². The second-order valence-corrected chi connectivity index (χ2v) is 3.53. The van der Waals surface area contributed by atoms with Gasteiger partial charge in [-0.25, -0.2) is 4.39 Å². The molecule has 0 saturated heterocycles. The fourth-order valence-corrected chi connectivity index (χ4v) is 1.12. The van der Waals surface area contributed by atoms with Gasteiger partial charge in [0.05, 0.1) is 12.0 Å². The van der Waals surface area contributed by atoms with Crippen molar-refractivity contribution in [3.05, 3.63) is 29.6 Å². The Morgan fingerprint density at radius 1 is 1.41 bits per heavy atom. The van der Waals surface area contributed by atoms with Crippen LogP contribution in [0.5, 0.6) is 0 Å². The number of hydrogen-bond acceptors (Lipinski definition) is 2. The fourth-order valence-electron chi connectivity index (χ4n) is 1.06. The van der Waals surface area contributed by atoms with Crippen molar-refractivity contribution in [2.75, 3.05) is 0 Å². The summed E-state index contributed by atoms with van der Waals surface area (Å²) in [7, 11) is 0. The number of hydrogen-bond donors (Lipinski definition) is 2. The van der Waals surface area contributed by atoms with E-state index in [9.17, 15) is 17.3 Å². The third kappa shape index (κ3) is 4.02. The van der Waals surface area contributed by atoms with Crippen LogP contribution in [-0.4, -0.2) is 18.3 Å². The molecule has 0 spiro atoms. The number of nitrogens with zero attached hydrogens (tertiary/aromatic N) is 1. The van der Waals surface area contributed by atoms with Gasteiger partial charge < -0.3 is 18.7 Å². The van der Waals surface area contributed by atoms with Crippen molar-refractivity contribution < 1.29 is 17.3 Å². The molecule has 3 nitrogen and oxygen atoms in total. The van der Waals surface area contributed by atoms with Crippen LogP contribution < -0.4 is 16.6 Å². The molecule has 0 radical (unpaired) electrons. The minimum Gasteiger partial charge on any atom is -0.445 e. The van der Waals surface area contributed by atoms with Crippen LogP contribution >= 0.6 is 12.2 Å². The molecule has 0 saturated carbocycles. The van der Waals surface area contributed by atoms with E-state index in [1.807, 2.05) is 0 Å². The highest BCUT2D eigenvalue weighted by molar-refractivity contribution is 7.80. The van der Waals surface area contributed by atoms with Gasteiger partial charge in [0.15, 0.2) is 5.11 Å². The van der Waals surface area contributed by atoms with Crippen LogP contribution in [-0.2, 0) is 0 Å². The fraction of sp³-hybridized carbons (Fsp3) is 0. The van der Waals surface area contributed by atoms with Crippen LogP contribution in [0.1, 0.15) is 5.56 Å². The average Bonchev–Trinajstić information content (AvgIpc) is 2.18. The van der Waals surface area contributed by atoms with Crippen LogP contribution in [0.25, 0.3) is 0 Å². The van der Waals surface area contributed by atoms with Crippen molar-refractivity contribution in [1.29, 1.82) is 0 Å². The maximum Gasteiger partial charge on any atom is 0.512 e. The van der Waals surface area contributed by atoms with Crippen molar-refractivity contribution >= 4 is 36.0 Å². The lowest BCUT2D eigenvalue weighted by atomic mass is 9.79. The number of nitrogens with one attached hydrogen (secondary N) is 1. The molecule has 0 atom stereocenters. The molecule has 0 aromatic heterocycles. The Hall–Kier alpha value is -1.64. The summed E-state index contributed by atoms with van der Waals surface area (Å²) >= 11 is 4.43. The Morgan fingerprint density at radius 2 is 2.06 bits per heavy atom. The van der Waals surface area contributed by atoms with Gasteiger partial charge in [-0.1, -0.05) is 17.6 Å². The maximum atomic E-state index is 12.9. The third-order valence-corrected chi connectivity index (χ3v) is 1.85. The van der Waals surface area contributed by atoms with Gasteiger partial charge in [-0.15, -0.1) is 0 Å². The van der Waals surface area contributed by atoms with Crippen LogP contribution in [0.15, 0.2) is 23.3 Å². The lowest BCUT2D eigenvalue weighted by Crippen LogP contribution is -2.37. The van der Waals surface area contributed by atoms with Crippen LogP contribution in [0.2, 0.25) is 0 Å². The van der Waals surface area contributed by atoms with E-state index in [0.29, 0.717) is 6.07 Å². The summed E-state index contributed by atoms with van der Waals surface area (Å²) in [4.78, 5) is 0. The molecule has 0 fully saturated rings. The third-order valence-electron chi connectivity index (χ3n) is 1.76. The molecule has 0 amide bonds. The smallest absolute Gasteiger partial charge is 0.445 e. The molecule has 1 rings (SSSR count). The molecule has 1 aromatic carbocycles. The summed E-state index contributed by atoms with van der Waals surface area (Å²) in [6, 6.07) is 2.55. The summed E-state index contributed by atoms with van der Waals surface area (Å²) in [5.41, 5.74) is 6.02. The van der Waals surface area contributed by atoms with Gasteiger partial charge in [0.25, 0.3) is 0 Å². The summed E-state index contributed by atoms with van der Waals surface area (Å²) in [6.45, 7) is -5.39. The first-order valence-corrected chi connectivity index (χ1v) is 4.79. The van der Waals surface area contributed by atoms with Gasteiger partial charge in [0.2, 0.25) is 0 Å². The van der Waals surface area contributed by atoms with E-state index in [-0.39, 0.29) is 10.7 Å². The van der Waals surface area contributed by atoms with Crippen molar-refractivity contribution in [2.24, 2.45) is 10.8 Å². The Kier molecular flexibility index (Phi) is 4.05. The SMILES string of the molecule is NC(=S)NN=Cc1ccc(F)c([B-](F)(F)F)c1. The number of nitrogens with two attached hydrogens (primary N) is 1. The zero-order valence-corrected chi connectivity index (χ0v) is 9.15. The number of hydrazone groups is 1. The molecule has 1 aromatic rings. The zero-order chi connectivity index (χ0) is 13.1. The van der Waals surface area contributed by atoms with E-state index >= 15 is 0 Å². The van der Waals surface area contributed by atoms with Gasteiger partial charge in [-0.3, -0.25) is 5.43 Å². The molecule has 0 unspecified atom stereocenters. The van der Waals surface area contributed by atoms with E-state index < -0.39 is 18.3 Å². The van der Waals surface area contributed by atoms with Crippen molar-refractivity contribution in [1.82, 2.24) is 5.43 Å². The molecular weight excluding hydrogens is 257 g/mol. The highest BCUT2D eigenvalue weighted by atomic mass is 32.1. The molecule has 17 heavy (non-hydrogen) atoms. The predicted molar refractivity (Wildman–Crippen MR) is 62.6 cm³/mol. The molecule has 9 heteroatoms. The standard InChI is InChI=1S/C8H7BF4N3S/c10-7-2-1-5(4-15-16-8(14)17)3-6(7)9(11,12)13/h1-4H,(H3,14,16,17)/q-1. The van der Waals surface area contributed by atoms with E-state index in [1.165, 1.54) is 0 Å². The Labute approximate surface area is 99.7 Å². The minimum absolute atomic E-state index is 0.0874. The van der Waals surface area contributed by atoms with E-state index in [4.69, 9.17) is 5.73 Å². The van der Waals surface area contributed by atoms with Gasteiger partial charge >= 0.3 is 6.98 Å². The number of benzene rings is 1. The second kappa shape index (κ2) is 5.13.